The van der Waals surface area contributed by atoms with Gasteiger partial charge in [0.05, 0.1) is 0 Å². The molecule has 3 nitrogen and oxygen atoms in total. The van der Waals surface area contributed by atoms with Crippen LogP contribution in [0.1, 0.15) is 21.5 Å². The van der Waals surface area contributed by atoms with E-state index in [4.69, 9.17) is 5.73 Å². The third kappa shape index (κ3) is 3.58. The quantitative estimate of drug-likeness (QED) is 0.824. The summed E-state index contributed by atoms with van der Waals surface area (Å²) in [5.74, 6) is -0.0615. The van der Waals surface area contributed by atoms with Crippen LogP contribution < -0.4 is 11.1 Å². The first-order chi connectivity index (χ1) is 9.16. The molecule has 2 rings (SSSR count). The van der Waals surface area contributed by atoms with Gasteiger partial charge in [0.1, 0.15) is 0 Å². The van der Waals surface area contributed by atoms with Gasteiger partial charge in [0, 0.05) is 17.8 Å². The van der Waals surface area contributed by atoms with E-state index < -0.39 is 0 Å². The Labute approximate surface area is 113 Å². The number of benzene rings is 2. The second kappa shape index (κ2) is 6.05. The van der Waals surface area contributed by atoms with Crippen LogP contribution in [0.4, 0.5) is 5.69 Å². The molecule has 0 aliphatic carbocycles. The number of rotatable bonds is 4. The number of anilines is 1. The summed E-state index contributed by atoms with van der Waals surface area (Å²) in [6, 6.07) is 15.1. The van der Waals surface area contributed by atoms with Gasteiger partial charge in [-0.3, -0.25) is 4.79 Å². The average molecular weight is 254 g/mol. The maximum absolute atomic E-state index is 11.9. The highest BCUT2D eigenvalue weighted by atomic mass is 16.1. The van der Waals surface area contributed by atoms with Gasteiger partial charge in [-0.25, -0.2) is 0 Å². The topological polar surface area (TPSA) is 55.1 Å². The Balaban J connectivity index is 1.88. The molecule has 0 saturated heterocycles. The molecule has 2 aromatic rings. The third-order valence-corrected chi connectivity index (χ3v) is 3.11. The molecule has 0 spiro atoms. The molecule has 0 unspecified atom stereocenters. The minimum absolute atomic E-state index is 0.0615. The fraction of sp³-hybridized carbons (Fsp3) is 0.188. The van der Waals surface area contributed by atoms with Gasteiger partial charge < -0.3 is 11.1 Å². The van der Waals surface area contributed by atoms with Crippen LogP contribution in [0.3, 0.4) is 0 Å². The molecule has 0 atom stereocenters. The Morgan fingerprint density at radius 2 is 1.79 bits per heavy atom. The van der Waals surface area contributed by atoms with E-state index in [0.29, 0.717) is 17.8 Å². The summed E-state index contributed by atoms with van der Waals surface area (Å²) in [6.07, 6.45) is 0.841. The number of amides is 1. The van der Waals surface area contributed by atoms with E-state index >= 15 is 0 Å². The second-order valence-corrected chi connectivity index (χ2v) is 4.55. The predicted molar refractivity (Wildman–Crippen MR) is 78.1 cm³/mol. The highest BCUT2D eigenvalue weighted by Gasteiger charge is 2.04. The Morgan fingerprint density at radius 1 is 1.11 bits per heavy atom. The van der Waals surface area contributed by atoms with Gasteiger partial charge >= 0.3 is 0 Å². The van der Waals surface area contributed by atoms with Crippen LogP contribution in [0.5, 0.6) is 0 Å². The van der Waals surface area contributed by atoms with E-state index in [1.54, 1.807) is 24.3 Å². The summed E-state index contributed by atoms with van der Waals surface area (Å²) in [6.45, 7) is 2.71. The van der Waals surface area contributed by atoms with Crippen LogP contribution >= 0.6 is 0 Å². The lowest BCUT2D eigenvalue weighted by atomic mass is 10.1. The van der Waals surface area contributed by atoms with Crippen molar-refractivity contribution in [2.45, 2.75) is 13.3 Å². The molecule has 0 aliphatic rings. The lowest BCUT2D eigenvalue weighted by Gasteiger charge is -2.07. The molecule has 1 amide bonds. The second-order valence-electron chi connectivity index (χ2n) is 4.55. The van der Waals surface area contributed by atoms with Crippen LogP contribution in [0, 0.1) is 6.92 Å². The smallest absolute Gasteiger partial charge is 0.251 e. The number of carbonyl (C=O) groups is 1. The highest BCUT2D eigenvalue weighted by Crippen LogP contribution is 2.08. The molecule has 98 valence electrons. The zero-order valence-corrected chi connectivity index (χ0v) is 11.0. The largest absolute Gasteiger partial charge is 0.399 e. The lowest BCUT2D eigenvalue weighted by molar-refractivity contribution is 0.0954. The number of nitrogen functional groups attached to an aromatic ring is 1. The van der Waals surface area contributed by atoms with E-state index in [1.165, 1.54) is 11.1 Å². The molecular weight excluding hydrogens is 236 g/mol. The summed E-state index contributed by atoms with van der Waals surface area (Å²) in [4.78, 5) is 11.9. The standard InChI is InChI=1S/C16H18N2O/c1-12-4-2-3-5-13(12)10-11-18-16(19)14-6-8-15(17)9-7-14/h2-9H,10-11,17H2,1H3,(H,18,19). The molecule has 0 heterocycles. The van der Waals surface area contributed by atoms with Crippen molar-refractivity contribution in [2.75, 3.05) is 12.3 Å². The molecule has 0 fully saturated rings. The zero-order valence-electron chi connectivity index (χ0n) is 11.0. The Hall–Kier alpha value is -2.29. The van der Waals surface area contributed by atoms with Crippen molar-refractivity contribution in [3.63, 3.8) is 0 Å². The molecule has 0 saturated carbocycles. The van der Waals surface area contributed by atoms with Crippen molar-refractivity contribution in [3.8, 4) is 0 Å². The van der Waals surface area contributed by atoms with Crippen LogP contribution in [0.25, 0.3) is 0 Å². The summed E-state index contributed by atoms with van der Waals surface area (Å²) in [7, 11) is 0. The van der Waals surface area contributed by atoms with E-state index in [2.05, 4.69) is 24.4 Å². The van der Waals surface area contributed by atoms with Crippen molar-refractivity contribution in [1.82, 2.24) is 5.32 Å². The Kier molecular flexibility index (Phi) is 4.18. The van der Waals surface area contributed by atoms with Crippen molar-refractivity contribution in [2.24, 2.45) is 0 Å². The van der Waals surface area contributed by atoms with Crippen molar-refractivity contribution in [3.05, 3.63) is 65.2 Å². The number of carbonyl (C=O) groups excluding carboxylic acids is 1. The number of nitrogens with one attached hydrogen (secondary N) is 1. The zero-order chi connectivity index (χ0) is 13.7. The van der Waals surface area contributed by atoms with Gasteiger partial charge in [0.15, 0.2) is 0 Å². The van der Waals surface area contributed by atoms with Crippen LogP contribution in [-0.4, -0.2) is 12.5 Å². The minimum Gasteiger partial charge on any atom is -0.399 e. The van der Waals surface area contributed by atoms with Crippen molar-refractivity contribution in [1.29, 1.82) is 0 Å². The van der Waals surface area contributed by atoms with Crippen molar-refractivity contribution < 1.29 is 4.79 Å². The van der Waals surface area contributed by atoms with E-state index in [0.717, 1.165) is 6.42 Å². The Morgan fingerprint density at radius 3 is 2.47 bits per heavy atom. The SMILES string of the molecule is Cc1ccccc1CCNC(=O)c1ccc(N)cc1. The van der Waals surface area contributed by atoms with Crippen LogP contribution in [-0.2, 0) is 6.42 Å². The first kappa shape index (κ1) is 13.1. The van der Waals surface area contributed by atoms with Gasteiger partial charge in [-0.2, -0.15) is 0 Å². The predicted octanol–water partition coefficient (Wildman–Crippen LogP) is 2.55. The summed E-state index contributed by atoms with van der Waals surface area (Å²) in [5, 5.41) is 2.91. The molecule has 3 N–H and O–H groups in total. The summed E-state index contributed by atoms with van der Waals surface area (Å²) in [5.41, 5.74) is 9.41. The molecule has 19 heavy (non-hydrogen) atoms. The van der Waals surface area contributed by atoms with Gasteiger partial charge in [-0.1, -0.05) is 24.3 Å². The number of hydrogen-bond acceptors (Lipinski definition) is 2. The third-order valence-electron chi connectivity index (χ3n) is 3.11. The lowest BCUT2D eigenvalue weighted by Crippen LogP contribution is -2.25. The number of nitrogens with two attached hydrogens (primary N) is 1. The first-order valence-corrected chi connectivity index (χ1v) is 6.35. The van der Waals surface area contributed by atoms with Crippen molar-refractivity contribution >= 4 is 11.6 Å². The van der Waals surface area contributed by atoms with Gasteiger partial charge in [-0.05, 0) is 48.7 Å². The maximum Gasteiger partial charge on any atom is 0.251 e. The Bertz CT molecular complexity index is 561. The van der Waals surface area contributed by atoms with Crippen LogP contribution in [0.15, 0.2) is 48.5 Å². The molecule has 0 aromatic heterocycles. The minimum atomic E-state index is -0.0615. The monoisotopic (exact) mass is 254 g/mol. The first-order valence-electron chi connectivity index (χ1n) is 6.35. The molecule has 3 heteroatoms. The fourth-order valence-corrected chi connectivity index (χ4v) is 1.94. The van der Waals surface area contributed by atoms with Crippen LogP contribution in [0.2, 0.25) is 0 Å². The van der Waals surface area contributed by atoms with Gasteiger partial charge in [0.2, 0.25) is 0 Å². The maximum atomic E-state index is 11.9. The molecular formula is C16H18N2O. The average Bonchev–Trinajstić information content (AvgIpc) is 2.41. The molecule has 0 aliphatic heterocycles. The number of aryl methyl sites for hydroxylation is 1. The summed E-state index contributed by atoms with van der Waals surface area (Å²) < 4.78 is 0. The van der Waals surface area contributed by atoms with Gasteiger partial charge in [-0.15, -0.1) is 0 Å². The van der Waals surface area contributed by atoms with Gasteiger partial charge in [0.25, 0.3) is 5.91 Å². The fourth-order valence-electron chi connectivity index (χ4n) is 1.94. The highest BCUT2D eigenvalue weighted by molar-refractivity contribution is 5.94. The molecule has 0 bridgehead atoms. The molecule has 0 radical (unpaired) electrons. The molecule has 2 aromatic carbocycles. The number of hydrogen-bond donors (Lipinski definition) is 2. The van der Waals surface area contributed by atoms with E-state index in [9.17, 15) is 4.79 Å². The van der Waals surface area contributed by atoms with E-state index in [1.807, 2.05) is 12.1 Å². The summed E-state index contributed by atoms with van der Waals surface area (Å²) >= 11 is 0. The normalized spacial score (nSPS) is 10.2. The van der Waals surface area contributed by atoms with E-state index in [-0.39, 0.29) is 5.91 Å².